The highest BCUT2D eigenvalue weighted by atomic mass is 35.5. The van der Waals surface area contributed by atoms with Crippen molar-refractivity contribution in [3.05, 3.63) is 59.4 Å². The van der Waals surface area contributed by atoms with E-state index in [-0.39, 0.29) is 21.7 Å². The van der Waals surface area contributed by atoms with Crippen LogP contribution < -0.4 is 10.9 Å². The van der Waals surface area contributed by atoms with Gasteiger partial charge in [0, 0.05) is 23.8 Å². The number of amides is 1. The van der Waals surface area contributed by atoms with E-state index in [2.05, 4.69) is 9.97 Å². The van der Waals surface area contributed by atoms with Gasteiger partial charge in [-0.15, -0.1) is 0 Å². The number of anilines is 1. The fourth-order valence-electron chi connectivity index (χ4n) is 2.85. The number of halogens is 4. The molecular formula is C20H16ClF3N4O3S. The zero-order chi connectivity index (χ0) is 23.8. The normalized spacial score (nSPS) is 12.0. The van der Waals surface area contributed by atoms with Crippen LogP contribution in [0.2, 0.25) is 5.02 Å². The second kappa shape index (κ2) is 8.49. The summed E-state index contributed by atoms with van der Waals surface area (Å²) in [5.41, 5.74) is 0.353. The number of benzene rings is 2. The van der Waals surface area contributed by atoms with Gasteiger partial charge >= 0.3 is 6.18 Å². The molecule has 7 nitrogen and oxygen atoms in total. The zero-order valence-electron chi connectivity index (χ0n) is 16.7. The Morgan fingerprint density at radius 2 is 1.53 bits per heavy atom. The highest BCUT2D eigenvalue weighted by Crippen LogP contribution is 2.40. The molecule has 0 aliphatic rings. The van der Waals surface area contributed by atoms with E-state index in [0.717, 1.165) is 13.2 Å². The number of nitrogens with two attached hydrogens (primary N) is 1. The number of rotatable bonds is 4. The third-order valence-corrected chi connectivity index (χ3v) is 5.78. The highest BCUT2D eigenvalue weighted by molar-refractivity contribution is 7.90. The largest absolute Gasteiger partial charge is 0.451 e. The van der Waals surface area contributed by atoms with Crippen molar-refractivity contribution in [3.63, 3.8) is 0 Å². The average molecular weight is 485 g/mol. The Morgan fingerprint density at radius 3 is 2.00 bits per heavy atom. The first kappa shape index (κ1) is 23.6. The van der Waals surface area contributed by atoms with Gasteiger partial charge in [0.05, 0.1) is 16.2 Å². The van der Waals surface area contributed by atoms with E-state index in [1.54, 1.807) is 0 Å². The molecule has 0 radical (unpaired) electrons. The SMILES string of the molecule is CC(=O)N(N)c1nc(C(F)(F)F)nc(-c2ccc(S(C)(=O)=O)cc2)c1-c1ccc(Cl)cc1. The minimum Gasteiger partial charge on any atom is -0.273 e. The molecule has 0 saturated carbocycles. The van der Waals surface area contributed by atoms with Crippen molar-refractivity contribution >= 4 is 33.2 Å². The number of alkyl halides is 3. The van der Waals surface area contributed by atoms with Crippen LogP contribution in [0.3, 0.4) is 0 Å². The predicted octanol–water partition coefficient (Wildman–Crippen LogP) is 4.11. The van der Waals surface area contributed by atoms with Crippen molar-refractivity contribution in [2.45, 2.75) is 18.0 Å². The fourth-order valence-corrected chi connectivity index (χ4v) is 3.61. The second-order valence-corrected chi connectivity index (χ2v) is 9.24. The molecular weight excluding hydrogens is 469 g/mol. The van der Waals surface area contributed by atoms with Crippen LogP contribution in [0.1, 0.15) is 12.7 Å². The van der Waals surface area contributed by atoms with Gasteiger partial charge in [-0.05, 0) is 29.8 Å². The van der Waals surface area contributed by atoms with E-state index in [1.807, 2.05) is 0 Å². The molecule has 0 fully saturated rings. The lowest BCUT2D eigenvalue weighted by Crippen LogP contribution is -2.37. The van der Waals surface area contributed by atoms with Crippen molar-refractivity contribution in [2.75, 3.05) is 11.3 Å². The summed E-state index contributed by atoms with van der Waals surface area (Å²) in [5.74, 6) is 3.03. The van der Waals surface area contributed by atoms with Gasteiger partial charge in [-0.1, -0.05) is 35.9 Å². The van der Waals surface area contributed by atoms with Gasteiger partial charge in [0.15, 0.2) is 15.7 Å². The summed E-state index contributed by atoms with van der Waals surface area (Å²) in [6, 6.07) is 11.2. The number of hydrogen-bond donors (Lipinski definition) is 1. The average Bonchev–Trinajstić information content (AvgIpc) is 2.71. The van der Waals surface area contributed by atoms with E-state index in [9.17, 15) is 26.4 Å². The van der Waals surface area contributed by atoms with E-state index in [4.69, 9.17) is 17.4 Å². The lowest BCUT2D eigenvalue weighted by Gasteiger charge is -2.22. The zero-order valence-corrected chi connectivity index (χ0v) is 18.3. The first-order valence-electron chi connectivity index (χ1n) is 8.90. The summed E-state index contributed by atoms with van der Waals surface area (Å²) in [5, 5.41) is 0.869. The van der Waals surface area contributed by atoms with Crippen molar-refractivity contribution in [2.24, 2.45) is 5.84 Å². The second-order valence-electron chi connectivity index (χ2n) is 6.78. The number of carbonyl (C=O) groups is 1. The van der Waals surface area contributed by atoms with Gasteiger partial charge < -0.3 is 0 Å². The van der Waals surface area contributed by atoms with Crippen LogP contribution in [0.4, 0.5) is 19.0 Å². The first-order valence-corrected chi connectivity index (χ1v) is 11.2. The van der Waals surface area contributed by atoms with Crippen LogP contribution in [0.15, 0.2) is 53.4 Å². The monoisotopic (exact) mass is 484 g/mol. The van der Waals surface area contributed by atoms with Gasteiger partial charge in [0.2, 0.25) is 11.7 Å². The first-order chi connectivity index (χ1) is 14.8. The summed E-state index contributed by atoms with van der Waals surface area (Å²) in [6.45, 7) is 1.07. The number of carbonyl (C=O) groups excluding carboxylic acids is 1. The Balaban J connectivity index is 2.40. The smallest absolute Gasteiger partial charge is 0.273 e. The van der Waals surface area contributed by atoms with E-state index in [1.165, 1.54) is 48.5 Å². The Kier molecular flexibility index (Phi) is 6.27. The number of nitrogens with zero attached hydrogens (tertiary/aromatic N) is 3. The maximum absolute atomic E-state index is 13.6. The third kappa shape index (κ3) is 4.90. The van der Waals surface area contributed by atoms with Crippen molar-refractivity contribution < 1.29 is 26.4 Å². The molecule has 32 heavy (non-hydrogen) atoms. The maximum atomic E-state index is 13.6. The Morgan fingerprint density at radius 1 is 1.00 bits per heavy atom. The van der Waals surface area contributed by atoms with Crippen molar-refractivity contribution in [1.29, 1.82) is 0 Å². The van der Waals surface area contributed by atoms with Crippen molar-refractivity contribution in [3.8, 4) is 22.4 Å². The summed E-state index contributed by atoms with van der Waals surface area (Å²) in [7, 11) is -3.53. The number of hydrogen-bond acceptors (Lipinski definition) is 6. The van der Waals surface area contributed by atoms with Crippen LogP contribution in [-0.2, 0) is 20.8 Å². The molecule has 1 heterocycles. The molecule has 0 spiro atoms. The minimum absolute atomic E-state index is 0.0243. The topological polar surface area (TPSA) is 106 Å². The summed E-state index contributed by atoms with van der Waals surface area (Å²) >= 11 is 5.93. The molecule has 0 unspecified atom stereocenters. The van der Waals surface area contributed by atoms with Gasteiger partial charge in [-0.25, -0.2) is 29.2 Å². The van der Waals surface area contributed by atoms with Crippen molar-refractivity contribution in [1.82, 2.24) is 9.97 Å². The molecule has 0 aliphatic carbocycles. The molecule has 1 amide bonds. The van der Waals surface area contributed by atoms with E-state index < -0.39 is 33.6 Å². The summed E-state index contributed by atoms with van der Waals surface area (Å²) in [4.78, 5) is 19.1. The summed E-state index contributed by atoms with van der Waals surface area (Å²) in [6.07, 6.45) is -3.93. The van der Waals surface area contributed by atoms with Crippen LogP contribution in [-0.4, -0.2) is 30.5 Å². The standard InChI is InChI=1S/C20H16ClF3N4O3S/c1-11(29)28(25)18-16(12-3-7-14(21)8-4-12)17(26-19(27-18)20(22,23)24)13-5-9-15(10-6-13)32(2,30)31/h3-10H,25H2,1-2H3. The molecule has 0 bridgehead atoms. The molecule has 0 saturated heterocycles. The molecule has 3 rings (SSSR count). The highest BCUT2D eigenvalue weighted by Gasteiger charge is 2.37. The molecule has 2 aromatic carbocycles. The molecule has 2 N–H and O–H groups in total. The van der Waals surface area contributed by atoms with Gasteiger partial charge in [-0.3, -0.25) is 4.79 Å². The van der Waals surface area contributed by atoms with Gasteiger partial charge in [-0.2, -0.15) is 13.2 Å². The molecule has 168 valence electrons. The predicted molar refractivity (Wildman–Crippen MR) is 113 cm³/mol. The third-order valence-electron chi connectivity index (χ3n) is 4.40. The molecule has 0 atom stereocenters. The quantitative estimate of drug-likeness (QED) is 0.339. The minimum atomic E-state index is -4.94. The fraction of sp³-hybridized carbons (Fsp3) is 0.150. The summed E-state index contributed by atoms with van der Waals surface area (Å²) < 4.78 is 64.2. The molecule has 3 aromatic rings. The van der Waals surface area contributed by atoms with Crippen LogP contribution >= 0.6 is 11.6 Å². The van der Waals surface area contributed by atoms with Crippen LogP contribution in [0.5, 0.6) is 0 Å². The van der Waals surface area contributed by atoms with Gasteiger partial charge in [0.1, 0.15) is 0 Å². The molecule has 1 aromatic heterocycles. The maximum Gasteiger partial charge on any atom is 0.451 e. The Bertz CT molecular complexity index is 1280. The number of hydrazine groups is 1. The van der Waals surface area contributed by atoms with Crippen LogP contribution in [0.25, 0.3) is 22.4 Å². The molecule has 0 aliphatic heterocycles. The van der Waals surface area contributed by atoms with Crippen LogP contribution in [0, 0.1) is 0 Å². The lowest BCUT2D eigenvalue weighted by molar-refractivity contribution is -0.144. The lowest BCUT2D eigenvalue weighted by atomic mass is 9.99. The molecule has 12 heteroatoms. The number of sulfone groups is 1. The number of aromatic nitrogens is 2. The Hall–Kier alpha value is -3.02. The van der Waals surface area contributed by atoms with E-state index in [0.29, 0.717) is 15.6 Å². The Labute approximate surface area is 186 Å². The van der Waals surface area contributed by atoms with Gasteiger partial charge in [0.25, 0.3) is 0 Å². The van der Waals surface area contributed by atoms with E-state index >= 15 is 0 Å².